The van der Waals surface area contributed by atoms with Crippen LogP contribution in [-0.4, -0.2) is 8.75 Å². The molecule has 0 saturated carbocycles. The third-order valence-corrected chi connectivity index (χ3v) is 10.1. The van der Waals surface area contributed by atoms with Gasteiger partial charge in [0, 0.05) is 30.6 Å². The average Bonchev–Trinajstić information content (AvgIpc) is 3.77. The van der Waals surface area contributed by atoms with E-state index < -0.39 is 23.5 Å². The van der Waals surface area contributed by atoms with Gasteiger partial charge in [-0.15, -0.1) is 22.7 Å². The van der Waals surface area contributed by atoms with Crippen molar-refractivity contribution in [2.45, 2.75) is 12.4 Å². The van der Waals surface area contributed by atoms with Crippen molar-refractivity contribution >= 4 is 68.9 Å². The van der Waals surface area contributed by atoms with Crippen LogP contribution in [0.2, 0.25) is 0 Å². The largest absolute Gasteiger partial charge is 0.416 e. The Morgan fingerprint density at radius 3 is 1.40 bits per heavy atom. The van der Waals surface area contributed by atoms with Crippen molar-refractivity contribution in [1.29, 1.82) is 0 Å². The summed E-state index contributed by atoms with van der Waals surface area (Å²) in [5.41, 5.74) is 3.78. The van der Waals surface area contributed by atoms with E-state index in [9.17, 15) is 26.3 Å². The minimum absolute atomic E-state index is 0.461. The van der Waals surface area contributed by atoms with Crippen LogP contribution in [0.15, 0.2) is 72.8 Å². The summed E-state index contributed by atoms with van der Waals surface area (Å²) in [5.74, 6) is 0. The van der Waals surface area contributed by atoms with Gasteiger partial charge in [0.15, 0.2) is 0 Å². The number of hydrogen-bond acceptors (Lipinski definition) is 8. The Morgan fingerprint density at radius 1 is 0.548 bits per heavy atom. The van der Waals surface area contributed by atoms with Gasteiger partial charge >= 0.3 is 12.4 Å². The number of thiophene rings is 2. The second-order valence-corrected chi connectivity index (χ2v) is 12.6. The molecular weight excluding hydrogens is 635 g/mol. The van der Waals surface area contributed by atoms with Gasteiger partial charge < -0.3 is 9.44 Å². The summed E-state index contributed by atoms with van der Waals surface area (Å²) in [7, 11) is 0. The van der Waals surface area contributed by atoms with Gasteiger partial charge in [0.2, 0.25) is 0 Å². The molecule has 0 unspecified atom stereocenters. The van der Waals surface area contributed by atoms with Gasteiger partial charge in [0.25, 0.3) is 0 Å². The number of nitrogens with one attached hydrogen (secondary N) is 2. The van der Waals surface area contributed by atoms with Crippen molar-refractivity contribution < 1.29 is 26.3 Å². The van der Waals surface area contributed by atoms with Gasteiger partial charge in [0.1, 0.15) is 11.0 Å². The Hall–Kier alpha value is -3.59. The Labute approximate surface area is 250 Å². The van der Waals surface area contributed by atoms with Crippen LogP contribution in [0, 0.1) is 0 Å². The number of hydrogen-bond donors (Lipinski definition) is 2. The van der Waals surface area contributed by atoms with Gasteiger partial charge in [-0.05, 0) is 59.7 Å². The quantitative estimate of drug-likeness (QED) is 0.147. The van der Waals surface area contributed by atoms with Gasteiger partial charge in [-0.25, -0.2) is 0 Å². The molecule has 0 amide bonds. The molecule has 1 aliphatic rings. The lowest BCUT2D eigenvalue weighted by molar-refractivity contribution is -0.138. The molecule has 1 aliphatic heterocycles. The molecular formula is C28H14F6N4S4. The minimum Gasteiger partial charge on any atom is -0.309 e. The molecule has 0 radical (unpaired) electrons. The van der Waals surface area contributed by atoms with Crippen molar-refractivity contribution in [1.82, 2.24) is 8.75 Å². The van der Waals surface area contributed by atoms with E-state index in [0.717, 1.165) is 68.2 Å². The number of halogens is 6. The molecule has 4 heterocycles. The van der Waals surface area contributed by atoms with Crippen LogP contribution in [0.25, 0.3) is 52.8 Å². The molecule has 3 aromatic carbocycles. The lowest BCUT2D eigenvalue weighted by Crippen LogP contribution is -2.04. The third-order valence-electron chi connectivity index (χ3n) is 6.67. The van der Waals surface area contributed by atoms with E-state index in [2.05, 4.69) is 18.2 Å². The molecule has 2 N–H and O–H groups in total. The Balaban J connectivity index is 1.32. The number of rotatable bonds is 4. The van der Waals surface area contributed by atoms with E-state index in [-0.39, 0.29) is 0 Å². The number of aromatic nitrogens is 2. The molecule has 0 atom stereocenters. The Kier molecular flexibility index (Phi) is 6.49. The third kappa shape index (κ3) is 4.71. The number of benzene rings is 3. The normalized spacial score (nSPS) is 13.3. The van der Waals surface area contributed by atoms with Crippen LogP contribution in [0.5, 0.6) is 0 Å². The molecule has 0 fully saturated rings. The van der Waals surface area contributed by atoms with Crippen molar-refractivity contribution in [3.63, 3.8) is 0 Å². The molecule has 4 nitrogen and oxygen atoms in total. The molecule has 6 aromatic rings. The molecule has 0 bridgehead atoms. The first-order chi connectivity index (χ1) is 20.1. The summed E-state index contributed by atoms with van der Waals surface area (Å²) in [6, 6.07) is 17.7. The van der Waals surface area contributed by atoms with E-state index in [1.54, 1.807) is 24.3 Å². The lowest BCUT2D eigenvalue weighted by Gasteiger charge is -2.11. The molecule has 7 rings (SSSR count). The van der Waals surface area contributed by atoms with Crippen molar-refractivity contribution in [3.8, 4) is 41.8 Å². The summed E-state index contributed by atoms with van der Waals surface area (Å²) in [5, 5.41) is 0. The highest BCUT2D eigenvalue weighted by molar-refractivity contribution is 8.02. The highest BCUT2D eigenvalue weighted by Crippen LogP contribution is 2.54. The predicted octanol–water partition coefficient (Wildman–Crippen LogP) is 10.9. The van der Waals surface area contributed by atoms with Gasteiger partial charge in [0.05, 0.1) is 46.4 Å². The van der Waals surface area contributed by atoms with E-state index in [1.807, 2.05) is 12.1 Å². The number of alkyl halides is 6. The van der Waals surface area contributed by atoms with Gasteiger partial charge in [-0.2, -0.15) is 35.1 Å². The molecule has 0 aliphatic carbocycles. The standard InChI is InChI=1S/C28H14F6N4S4/c29-27(30,31)15-5-1-3-13(11-15)17-7-9-19(39-17)21-23-25(37-41-35-23)22(26-24(21)36-42-38-26)20-10-8-18(40-20)14-4-2-6-16(12-14)28(32,33)34/h1-12,35,37H. The van der Waals surface area contributed by atoms with Crippen molar-refractivity contribution in [3.05, 3.63) is 83.9 Å². The summed E-state index contributed by atoms with van der Waals surface area (Å²) in [6.45, 7) is 0. The zero-order chi connectivity index (χ0) is 29.2. The first-order valence-corrected chi connectivity index (χ1v) is 15.3. The maximum Gasteiger partial charge on any atom is 0.416 e. The van der Waals surface area contributed by atoms with Crippen LogP contribution in [0.3, 0.4) is 0 Å². The molecule has 14 heteroatoms. The highest BCUT2D eigenvalue weighted by atomic mass is 32.2. The van der Waals surface area contributed by atoms with Gasteiger partial charge in [-0.3, -0.25) is 0 Å². The first-order valence-electron chi connectivity index (χ1n) is 12.1. The van der Waals surface area contributed by atoms with E-state index in [0.29, 0.717) is 31.9 Å². The summed E-state index contributed by atoms with van der Waals surface area (Å²) in [6.07, 6.45) is -8.89. The fraction of sp³-hybridized carbons (Fsp3) is 0.0714. The molecule has 0 spiro atoms. The van der Waals surface area contributed by atoms with E-state index in [4.69, 9.17) is 0 Å². The second kappa shape index (κ2) is 10.0. The van der Waals surface area contributed by atoms with E-state index in [1.165, 1.54) is 46.9 Å². The van der Waals surface area contributed by atoms with Crippen molar-refractivity contribution in [2.75, 3.05) is 9.44 Å². The lowest BCUT2D eigenvalue weighted by atomic mass is 10.0. The van der Waals surface area contributed by atoms with Crippen LogP contribution >= 0.6 is 46.5 Å². The summed E-state index contributed by atoms with van der Waals surface area (Å²) < 4.78 is 95.6. The van der Waals surface area contributed by atoms with Gasteiger partial charge in [-0.1, -0.05) is 24.3 Å². The minimum atomic E-state index is -4.44. The summed E-state index contributed by atoms with van der Waals surface area (Å²) in [4.78, 5) is 2.95. The average molecular weight is 649 g/mol. The fourth-order valence-electron chi connectivity index (χ4n) is 4.77. The molecule has 3 aromatic heterocycles. The number of anilines is 2. The smallest absolute Gasteiger partial charge is 0.309 e. The zero-order valence-electron chi connectivity index (χ0n) is 20.7. The molecule has 42 heavy (non-hydrogen) atoms. The zero-order valence-corrected chi connectivity index (χ0v) is 24.0. The summed E-state index contributed by atoms with van der Waals surface area (Å²) >= 11 is 5.00. The maximum atomic E-state index is 13.3. The Bertz CT molecular complexity index is 1830. The highest BCUT2D eigenvalue weighted by Gasteiger charge is 2.32. The van der Waals surface area contributed by atoms with Crippen LogP contribution in [0.4, 0.5) is 37.7 Å². The topological polar surface area (TPSA) is 49.8 Å². The van der Waals surface area contributed by atoms with E-state index >= 15 is 0 Å². The maximum absolute atomic E-state index is 13.3. The predicted molar refractivity (Wildman–Crippen MR) is 160 cm³/mol. The number of nitrogens with zero attached hydrogens (tertiary/aromatic N) is 2. The first kappa shape index (κ1) is 27.3. The Morgan fingerprint density at radius 2 is 0.976 bits per heavy atom. The van der Waals surface area contributed by atoms with Crippen molar-refractivity contribution in [2.24, 2.45) is 0 Å². The van der Waals surface area contributed by atoms with Crippen LogP contribution in [0.1, 0.15) is 11.1 Å². The second-order valence-electron chi connectivity index (χ2n) is 9.25. The monoisotopic (exact) mass is 648 g/mol. The number of fused-ring (bicyclic) bond motifs is 2. The SMILES string of the molecule is FC(F)(F)c1cccc(-c2ccc(-c3c4c(c(-c5ccc(-c6cccc(C(F)(F)F)c6)s5)c5nsnc35)NSN4)s2)c1. The van der Waals surface area contributed by atoms with Crippen LogP contribution in [-0.2, 0) is 12.4 Å². The van der Waals surface area contributed by atoms with Crippen LogP contribution < -0.4 is 9.44 Å². The molecule has 212 valence electrons. The molecule has 0 saturated heterocycles. The fourth-order valence-corrected chi connectivity index (χ4v) is 8.10.